The highest BCUT2D eigenvalue weighted by atomic mass is 19.3. The van der Waals surface area contributed by atoms with Crippen LogP contribution in [0.5, 0.6) is 0 Å². The molecule has 0 rings (SSSR count). The van der Waals surface area contributed by atoms with Gasteiger partial charge in [0.1, 0.15) is 5.83 Å². The number of methoxy groups -OCH3 is 1. The van der Waals surface area contributed by atoms with Gasteiger partial charge in [0.25, 0.3) is 0 Å². The fourth-order valence-electron chi connectivity index (χ4n) is 0.354. The molecule has 60 valence electrons. The van der Waals surface area contributed by atoms with E-state index < -0.39 is 17.5 Å². The molecule has 0 aromatic heterocycles. The van der Waals surface area contributed by atoms with Crippen molar-refractivity contribution in [1.82, 2.24) is 0 Å². The first-order chi connectivity index (χ1) is 4.41. The van der Waals surface area contributed by atoms with Gasteiger partial charge in [-0.1, -0.05) is 0 Å². The van der Waals surface area contributed by atoms with E-state index in [1.807, 2.05) is 0 Å². The summed E-state index contributed by atoms with van der Waals surface area (Å²) >= 11 is 0. The van der Waals surface area contributed by atoms with Gasteiger partial charge in [0.05, 0.1) is 5.57 Å². The summed E-state index contributed by atoms with van der Waals surface area (Å²) in [5.41, 5.74) is -0.685. The summed E-state index contributed by atoms with van der Waals surface area (Å²) in [5, 5.41) is 0. The minimum atomic E-state index is -3.47. The van der Waals surface area contributed by atoms with Crippen molar-refractivity contribution in [2.75, 3.05) is 7.11 Å². The molecule has 0 spiro atoms. The van der Waals surface area contributed by atoms with Crippen LogP contribution in [0.4, 0.5) is 13.2 Å². The number of hydrogen-bond donors (Lipinski definition) is 0. The van der Waals surface area contributed by atoms with Gasteiger partial charge in [-0.05, 0) is 13.8 Å². The highest BCUT2D eigenvalue weighted by Gasteiger charge is 2.32. The van der Waals surface area contributed by atoms with Gasteiger partial charge in [-0.3, -0.25) is 0 Å². The zero-order chi connectivity index (χ0) is 8.36. The Morgan fingerprint density at radius 2 is 1.70 bits per heavy atom. The molecule has 0 saturated carbocycles. The average molecular weight is 154 g/mol. The summed E-state index contributed by atoms with van der Waals surface area (Å²) in [4.78, 5) is 0. The Hall–Kier alpha value is -0.510. The Kier molecular flexibility index (Phi) is 2.90. The zero-order valence-corrected chi connectivity index (χ0v) is 6.04. The van der Waals surface area contributed by atoms with Gasteiger partial charge in [-0.25, -0.2) is 4.39 Å². The van der Waals surface area contributed by atoms with E-state index in [-0.39, 0.29) is 0 Å². The van der Waals surface area contributed by atoms with Gasteiger partial charge >= 0.3 is 6.11 Å². The van der Waals surface area contributed by atoms with Crippen LogP contribution in [-0.4, -0.2) is 13.2 Å². The van der Waals surface area contributed by atoms with Gasteiger partial charge in [0, 0.05) is 7.11 Å². The summed E-state index contributed by atoms with van der Waals surface area (Å²) in [6, 6.07) is 0. The zero-order valence-electron chi connectivity index (χ0n) is 6.04. The van der Waals surface area contributed by atoms with Gasteiger partial charge in [-0.15, -0.1) is 0 Å². The van der Waals surface area contributed by atoms with Crippen molar-refractivity contribution < 1.29 is 17.9 Å². The van der Waals surface area contributed by atoms with Crippen LogP contribution in [0.1, 0.15) is 13.8 Å². The van der Waals surface area contributed by atoms with E-state index in [2.05, 4.69) is 4.74 Å². The van der Waals surface area contributed by atoms with Crippen molar-refractivity contribution in [1.29, 1.82) is 0 Å². The van der Waals surface area contributed by atoms with Crippen LogP contribution in [0.15, 0.2) is 11.4 Å². The molecule has 0 radical (unpaired) electrons. The van der Waals surface area contributed by atoms with E-state index in [1.54, 1.807) is 0 Å². The number of alkyl halides is 2. The number of halogens is 3. The molecule has 0 saturated heterocycles. The maximum Gasteiger partial charge on any atom is 0.381 e. The van der Waals surface area contributed by atoms with E-state index >= 15 is 0 Å². The smallest absolute Gasteiger partial charge is 0.320 e. The van der Waals surface area contributed by atoms with Crippen LogP contribution >= 0.6 is 0 Å². The molecular formula is C6H9F3O. The highest BCUT2D eigenvalue weighted by Crippen LogP contribution is 2.26. The van der Waals surface area contributed by atoms with Crippen molar-refractivity contribution in [3.8, 4) is 0 Å². The molecule has 10 heavy (non-hydrogen) atoms. The fourth-order valence-corrected chi connectivity index (χ4v) is 0.354. The van der Waals surface area contributed by atoms with Gasteiger partial charge in [-0.2, -0.15) is 8.78 Å². The Balaban J connectivity index is 4.49. The number of ether oxygens (including phenoxy) is 1. The lowest BCUT2D eigenvalue weighted by molar-refractivity contribution is -0.191. The molecule has 0 fully saturated rings. The lowest BCUT2D eigenvalue weighted by Crippen LogP contribution is -2.20. The monoisotopic (exact) mass is 154 g/mol. The van der Waals surface area contributed by atoms with E-state index in [1.165, 1.54) is 0 Å². The minimum absolute atomic E-state index is 0.685. The third-order valence-corrected chi connectivity index (χ3v) is 1.21. The van der Waals surface area contributed by atoms with Gasteiger partial charge in [0.15, 0.2) is 0 Å². The molecule has 0 bridgehead atoms. The lowest BCUT2D eigenvalue weighted by Gasteiger charge is -2.13. The fraction of sp³-hybridized carbons (Fsp3) is 0.667. The van der Waals surface area contributed by atoms with Crippen molar-refractivity contribution >= 4 is 0 Å². The Bertz CT molecular complexity index is 147. The normalized spacial score (nSPS) is 15.0. The van der Waals surface area contributed by atoms with Crippen molar-refractivity contribution in [3.63, 3.8) is 0 Å². The summed E-state index contributed by atoms with van der Waals surface area (Å²) in [5.74, 6) is -0.910. The van der Waals surface area contributed by atoms with E-state index in [9.17, 15) is 13.2 Å². The van der Waals surface area contributed by atoms with Crippen LogP contribution in [-0.2, 0) is 4.74 Å². The predicted octanol–water partition coefficient (Wildman–Crippen LogP) is 2.49. The van der Waals surface area contributed by atoms with Crippen molar-refractivity contribution in [2.24, 2.45) is 0 Å². The molecule has 0 N–H and O–H groups in total. The van der Waals surface area contributed by atoms with E-state index in [0.717, 1.165) is 21.0 Å². The summed E-state index contributed by atoms with van der Waals surface area (Å²) in [6.45, 7) is 1.95. The largest absolute Gasteiger partial charge is 0.381 e. The van der Waals surface area contributed by atoms with Crippen LogP contribution in [0.25, 0.3) is 0 Å². The summed E-state index contributed by atoms with van der Waals surface area (Å²) < 4.78 is 40.4. The first-order valence-corrected chi connectivity index (χ1v) is 2.68. The lowest BCUT2D eigenvalue weighted by atomic mass is 10.2. The molecule has 0 aliphatic carbocycles. The van der Waals surface area contributed by atoms with E-state index in [4.69, 9.17) is 0 Å². The first-order valence-electron chi connectivity index (χ1n) is 2.68. The van der Waals surface area contributed by atoms with Crippen LogP contribution in [0.3, 0.4) is 0 Å². The molecule has 0 atom stereocenters. The quantitative estimate of drug-likeness (QED) is 0.593. The summed E-state index contributed by atoms with van der Waals surface area (Å²) in [7, 11) is 0.826. The third kappa shape index (κ3) is 2.02. The second-order valence-corrected chi connectivity index (χ2v) is 1.88. The van der Waals surface area contributed by atoms with Crippen LogP contribution < -0.4 is 0 Å². The van der Waals surface area contributed by atoms with Gasteiger partial charge in [0.2, 0.25) is 0 Å². The highest BCUT2D eigenvalue weighted by molar-refractivity contribution is 5.08. The number of hydrogen-bond acceptors (Lipinski definition) is 1. The van der Waals surface area contributed by atoms with Crippen molar-refractivity contribution in [3.05, 3.63) is 11.4 Å². The van der Waals surface area contributed by atoms with Crippen LogP contribution in [0, 0.1) is 0 Å². The van der Waals surface area contributed by atoms with E-state index in [0.29, 0.717) is 0 Å². The maximum absolute atomic E-state index is 12.3. The molecular weight excluding hydrogens is 145 g/mol. The standard InChI is InChI=1S/C6H9F3O/c1-4(5(2)7)6(8,9)10-3/h1-3H3/b5-4-. The minimum Gasteiger partial charge on any atom is -0.320 e. The SMILES string of the molecule is COC(F)(F)/C(C)=C(/C)F. The topological polar surface area (TPSA) is 9.23 Å². The number of rotatable bonds is 2. The predicted molar refractivity (Wildman–Crippen MR) is 31.4 cm³/mol. The number of allylic oxidation sites excluding steroid dienone is 1. The third-order valence-electron chi connectivity index (χ3n) is 1.21. The molecule has 0 unspecified atom stereocenters. The maximum atomic E-state index is 12.3. The molecule has 0 aliphatic rings. The Morgan fingerprint density at radius 3 is 1.80 bits per heavy atom. The molecule has 0 aliphatic heterocycles. The van der Waals surface area contributed by atoms with Gasteiger partial charge < -0.3 is 4.74 Å². The molecule has 0 amide bonds. The first kappa shape index (κ1) is 9.49. The Morgan fingerprint density at radius 1 is 1.30 bits per heavy atom. The molecule has 1 nitrogen and oxygen atoms in total. The second-order valence-electron chi connectivity index (χ2n) is 1.88. The summed E-state index contributed by atoms with van der Waals surface area (Å²) in [6.07, 6.45) is -3.47. The second kappa shape index (κ2) is 3.05. The molecule has 0 aromatic rings. The van der Waals surface area contributed by atoms with Crippen molar-refractivity contribution in [2.45, 2.75) is 20.0 Å². The molecule has 0 aromatic carbocycles. The van der Waals surface area contributed by atoms with Crippen LogP contribution in [0.2, 0.25) is 0 Å². The Labute approximate surface area is 57.5 Å². The average Bonchev–Trinajstić information content (AvgIpc) is 1.86. The molecule has 4 heteroatoms. The molecule has 0 heterocycles.